The van der Waals surface area contributed by atoms with Gasteiger partial charge in [-0.15, -0.1) is 0 Å². The minimum Gasteiger partial charge on any atom is -0.491 e. The van der Waals surface area contributed by atoms with Crippen molar-refractivity contribution in [3.63, 3.8) is 0 Å². The fraction of sp³-hybridized carbons (Fsp3) is 0.250. The molecular formula is C16H16FNO. The number of halogens is 1. The van der Waals surface area contributed by atoms with Gasteiger partial charge in [0, 0.05) is 17.2 Å². The smallest absolute Gasteiger partial charge is 0.127 e. The van der Waals surface area contributed by atoms with Crippen molar-refractivity contribution < 1.29 is 9.13 Å². The minimum absolute atomic E-state index is 0.0547. The molecule has 3 rings (SSSR count). The molecule has 2 atom stereocenters. The van der Waals surface area contributed by atoms with Crippen molar-refractivity contribution in [3.05, 3.63) is 65.5 Å². The van der Waals surface area contributed by atoms with Crippen LogP contribution in [-0.4, -0.2) is 6.61 Å². The van der Waals surface area contributed by atoms with E-state index in [0.717, 1.165) is 11.3 Å². The topological polar surface area (TPSA) is 21.3 Å². The van der Waals surface area contributed by atoms with E-state index in [1.807, 2.05) is 43.3 Å². The second-order valence-electron chi connectivity index (χ2n) is 4.81. The van der Waals surface area contributed by atoms with Crippen molar-refractivity contribution in [3.8, 4) is 5.75 Å². The fourth-order valence-corrected chi connectivity index (χ4v) is 2.52. The van der Waals surface area contributed by atoms with E-state index in [2.05, 4.69) is 5.32 Å². The molecule has 98 valence electrons. The van der Waals surface area contributed by atoms with Gasteiger partial charge in [0.25, 0.3) is 0 Å². The monoisotopic (exact) mass is 257 g/mol. The van der Waals surface area contributed by atoms with Crippen LogP contribution < -0.4 is 10.1 Å². The van der Waals surface area contributed by atoms with Gasteiger partial charge in [-0.2, -0.15) is 0 Å². The molecule has 1 aliphatic rings. The van der Waals surface area contributed by atoms with Crippen LogP contribution >= 0.6 is 0 Å². The average Bonchev–Trinajstić information content (AvgIpc) is 2.83. The van der Waals surface area contributed by atoms with Crippen LogP contribution in [0.1, 0.15) is 30.1 Å². The summed E-state index contributed by atoms with van der Waals surface area (Å²) < 4.78 is 19.4. The number of fused-ring (bicyclic) bond motifs is 1. The van der Waals surface area contributed by atoms with E-state index in [1.54, 1.807) is 6.07 Å². The molecule has 0 saturated carbocycles. The molecule has 0 bridgehead atoms. The van der Waals surface area contributed by atoms with Crippen molar-refractivity contribution in [2.75, 3.05) is 6.61 Å². The first kappa shape index (κ1) is 12.2. The van der Waals surface area contributed by atoms with Gasteiger partial charge in [0.1, 0.15) is 18.2 Å². The molecule has 2 unspecified atom stereocenters. The highest BCUT2D eigenvalue weighted by atomic mass is 19.1. The Bertz CT molecular complexity index is 584. The summed E-state index contributed by atoms with van der Waals surface area (Å²) in [6, 6.07) is 14.9. The highest BCUT2D eigenvalue weighted by Gasteiger charge is 2.25. The molecular weight excluding hydrogens is 241 g/mol. The normalized spacial score (nSPS) is 18.7. The second kappa shape index (κ2) is 5.02. The number of ether oxygens (including phenoxy) is 1. The van der Waals surface area contributed by atoms with Gasteiger partial charge in [-0.05, 0) is 19.1 Å². The van der Waals surface area contributed by atoms with Crippen LogP contribution in [0.25, 0.3) is 0 Å². The summed E-state index contributed by atoms with van der Waals surface area (Å²) in [5.74, 6) is 0.746. The predicted molar refractivity (Wildman–Crippen MR) is 72.6 cm³/mol. The minimum atomic E-state index is -0.172. The first-order chi connectivity index (χ1) is 9.25. The van der Waals surface area contributed by atoms with E-state index < -0.39 is 0 Å². The maximum atomic E-state index is 13.7. The summed E-state index contributed by atoms with van der Waals surface area (Å²) in [6.07, 6.45) is 0. The molecule has 3 heteroatoms. The van der Waals surface area contributed by atoms with Crippen LogP contribution in [0.4, 0.5) is 4.39 Å². The first-order valence-corrected chi connectivity index (χ1v) is 6.48. The Hall–Kier alpha value is -1.87. The molecule has 1 aliphatic heterocycles. The van der Waals surface area contributed by atoms with E-state index in [0.29, 0.717) is 12.2 Å². The van der Waals surface area contributed by atoms with Gasteiger partial charge in [0.05, 0.1) is 6.04 Å². The lowest BCUT2D eigenvalue weighted by Gasteiger charge is -2.19. The predicted octanol–water partition coefficient (Wildman–Crippen LogP) is 3.61. The summed E-state index contributed by atoms with van der Waals surface area (Å²) in [5.41, 5.74) is 1.83. The van der Waals surface area contributed by atoms with Gasteiger partial charge in [0.15, 0.2) is 0 Å². The molecule has 1 heterocycles. The number of benzene rings is 2. The summed E-state index contributed by atoms with van der Waals surface area (Å²) >= 11 is 0. The molecule has 0 fully saturated rings. The lowest BCUT2D eigenvalue weighted by molar-refractivity contribution is 0.299. The van der Waals surface area contributed by atoms with Crippen LogP contribution in [-0.2, 0) is 0 Å². The van der Waals surface area contributed by atoms with Crippen LogP contribution in [0.5, 0.6) is 5.75 Å². The number of hydrogen-bond acceptors (Lipinski definition) is 2. The van der Waals surface area contributed by atoms with Crippen LogP contribution in [0.2, 0.25) is 0 Å². The summed E-state index contributed by atoms with van der Waals surface area (Å²) in [5, 5.41) is 3.43. The summed E-state index contributed by atoms with van der Waals surface area (Å²) in [7, 11) is 0. The standard InChI is InChI=1S/C16H16FNO/c1-11(12-6-2-4-8-14(12)17)18-15-10-19-16-9-5-3-7-13(15)16/h2-9,11,15,18H,10H2,1H3. The van der Waals surface area contributed by atoms with Crippen molar-refractivity contribution in [1.29, 1.82) is 0 Å². The molecule has 1 N–H and O–H groups in total. The quantitative estimate of drug-likeness (QED) is 0.907. The summed E-state index contributed by atoms with van der Waals surface area (Å²) in [4.78, 5) is 0. The summed E-state index contributed by atoms with van der Waals surface area (Å²) in [6.45, 7) is 2.57. The molecule has 0 amide bonds. The first-order valence-electron chi connectivity index (χ1n) is 6.48. The Kier molecular flexibility index (Phi) is 3.22. The fourth-order valence-electron chi connectivity index (χ4n) is 2.52. The molecule has 2 aromatic rings. The van der Waals surface area contributed by atoms with Crippen molar-refractivity contribution in [2.24, 2.45) is 0 Å². The zero-order valence-electron chi connectivity index (χ0n) is 10.8. The number of para-hydroxylation sites is 1. The van der Waals surface area contributed by atoms with Crippen molar-refractivity contribution in [2.45, 2.75) is 19.0 Å². The third kappa shape index (κ3) is 2.34. The Balaban J connectivity index is 1.78. The zero-order chi connectivity index (χ0) is 13.2. The van der Waals surface area contributed by atoms with E-state index in [9.17, 15) is 4.39 Å². The molecule has 0 saturated heterocycles. The van der Waals surface area contributed by atoms with Crippen LogP contribution in [0, 0.1) is 5.82 Å². The van der Waals surface area contributed by atoms with E-state index >= 15 is 0 Å². The van der Waals surface area contributed by atoms with E-state index in [-0.39, 0.29) is 17.9 Å². The molecule has 2 aromatic carbocycles. The Morgan fingerprint density at radius 3 is 2.74 bits per heavy atom. The van der Waals surface area contributed by atoms with Gasteiger partial charge in [0.2, 0.25) is 0 Å². The lowest BCUT2D eigenvalue weighted by atomic mass is 10.0. The van der Waals surface area contributed by atoms with Gasteiger partial charge >= 0.3 is 0 Å². The largest absolute Gasteiger partial charge is 0.491 e. The van der Waals surface area contributed by atoms with Gasteiger partial charge in [-0.1, -0.05) is 36.4 Å². The lowest BCUT2D eigenvalue weighted by Crippen LogP contribution is -2.26. The SMILES string of the molecule is CC(NC1COc2ccccc21)c1ccccc1F. The van der Waals surface area contributed by atoms with E-state index in [4.69, 9.17) is 4.74 Å². The number of rotatable bonds is 3. The van der Waals surface area contributed by atoms with Gasteiger partial charge in [-0.25, -0.2) is 4.39 Å². The van der Waals surface area contributed by atoms with Gasteiger partial charge < -0.3 is 10.1 Å². The molecule has 0 aromatic heterocycles. The Morgan fingerprint density at radius 1 is 1.16 bits per heavy atom. The van der Waals surface area contributed by atoms with E-state index in [1.165, 1.54) is 6.07 Å². The van der Waals surface area contributed by atoms with Crippen LogP contribution in [0.3, 0.4) is 0 Å². The molecule has 0 spiro atoms. The van der Waals surface area contributed by atoms with Crippen molar-refractivity contribution >= 4 is 0 Å². The number of nitrogens with one attached hydrogen (secondary N) is 1. The number of hydrogen-bond donors (Lipinski definition) is 1. The Morgan fingerprint density at radius 2 is 1.89 bits per heavy atom. The maximum absolute atomic E-state index is 13.7. The molecule has 0 aliphatic carbocycles. The Labute approximate surface area is 112 Å². The van der Waals surface area contributed by atoms with Crippen molar-refractivity contribution in [1.82, 2.24) is 5.32 Å². The van der Waals surface area contributed by atoms with Crippen LogP contribution in [0.15, 0.2) is 48.5 Å². The molecule has 2 nitrogen and oxygen atoms in total. The highest BCUT2D eigenvalue weighted by Crippen LogP contribution is 2.33. The maximum Gasteiger partial charge on any atom is 0.127 e. The average molecular weight is 257 g/mol. The third-order valence-corrected chi connectivity index (χ3v) is 3.52. The zero-order valence-corrected chi connectivity index (χ0v) is 10.8. The highest BCUT2D eigenvalue weighted by molar-refractivity contribution is 5.39. The van der Waals surface area contributed by atoms with Gasteiger partial charge in [-0.3, -0.25) is 0 Å². The second-order valence-corrected chi connectivity index (χ2v) is 4.81. The third-order valence-electron chi connectivity index (χ3n) is 3.52. The molecule has 19 heavy (non-hydrogen) atoms. The molecule has 0 radical (unpaired) electrons.